The predicted molar refractivity (Wildman–Crippen MR) is 97.3 cm³/mol. The van der Waals surface area contributed by atoms with Gasteiger partial charge in [0.1, 0.15) is 5.82 Å². The van der Waals surface area contributed by atoms with Gasteiger partial charge in [0.2, 0.25) is 0 Å². The zero-order valence-electron chi connectivity index (χ0n) is 11.8. The molecule has 4 nitrogen and oxygen atoms in total. The van der Waals surface area contributed by atoms with E-state index in [0.717, 1.165) is 15.5 Å². The van der Waals surface area contributed by atoms with Crippen LogP contribution in [0.3, 0.4) is 0 Å². The second kappa shape index (κ2) is 6.62. The van der Waals surface area contributed by atoms with Gasteiger partial charge in [-0.15, -0.1) is 0 Å². The molecule has 0 unspecified atom stereocenters. The van der Waals surface area contributed by atoms with E-state index in [-0.39, 0.29) is 5.56 Å². The summed E-state index contributed by atoms with van der Waals surface area (Å²) in [6.45, 7) is 1.41. The van der Waals surface area contributed by atoms with Crippen molar-refractivity contribution in [3.63, 3.8) is 0 Å². The van der Waals surface area contributed by atoms with Gasteiger partial charge in [-0.1, -0.05) is 15.9 Å². The molecule has 1 aromatic carbocycles. The predicted octanol–water partition coefficient (Wildman–Crippen LogP) is 4.14. The van der Waals surface area contributed by atoms with Crippen molar-refractivity contribution in [3.8, 4) is 0 Å². The Morgan fingerprint density at radius 2 is 2.14 bits per heavy atom. The fraction of sp³-hybridized carbons (Fsp3) is 0.200. The van der Waals surface area contributed by atoms with Crippen LogP contribution in [0.2, 0.25) is 0 Å². The maximum atomic E-state index is 12.2. The summed E-state index contributed by atoms with van der Waals surface area (Å²) in [5.74, 6) is 0.665. The van der Waals surface area contributed by atoms with Gasteiger partial charge in [-0.3, -0.25) is 9.69 Å². The van der Waals surface area contributed by atoms with Crippen molar-refractivity contribution >= 4 is 54.1 Å². The molecule has 0 aliphatic rings. The third-order valence-electron chi connectivity index (χ3n) is 3.23. The van der Waals surface area contributed by atoms with Gasteiger partial charge in [-0.2, -0.15) is 11.3 Å². The van der Waals surface area contributed by atoms with Crippen LogP contribution in [0.4, 0.5) is 0 Å². The minimum Gasteiger partial charge on any atom is -0.309 e. The molecule has 0 saturated carbocycles. The highest BCUT2D eigenvalue weighted by molar-refractivity contribution is 9.11. The van der Waals surface area contributed by atoms with E-state index in [9.17, 15) is 4.79 Å². The molecule has 3 rings (SSSR count). The zero-order valence-corrected chi connectivity index (χ0v) is 15.8. The van der Waals surface area contributed by atoms with Gasteiger partial charge in [0.15, 0.2) is 0 Å². The van der Waals surface area contributed by atoms with E-state index >= 15 is 0 Å². The SMILES string of the molecule is CN(Cc1ccsc1)Cc1nc2c(Br)cc(Br)cc2c(=O)[nH]1. The summed E-state index contributed by atoms with van der Waals surface area (Å²) in [5.41, 5.74) is 1.83. The summed E-state index contributed by atoms with van der Waals surface area (Å²) >= 11 is 8.55. The molecule has 0 atom stereocenters. The molecule has 2 heterocycles. The Hall–Kier alpha value is -1.02. The van der Waals surface area contributed by atoms with Gasteiger partial charge < -0.3 is 4.98 Å². The first-order valence-electron chi connectivity index (χ1n) is 6.60. The van der Waals surface area contributed by atoms with E-state index in [1.54, 1.807) is 17.4 Å². The minimum absolute atomic E-state index is 0.120. The molecule has 0 amide bonds. The number of hydrogen-bond donors (Lipinski definition) is 1. The van der Waals surface area contributed by atoms with Crippen molar-refractivity contribution in [2.24, 2.45) is 0 Å². The first-order valence-corrected chi connectivity index (χ1v) is 9.13. The van der Waals surface area contributed by atoms with E-state index in [0.29, 0.717) is 23.3 Å². The van der Waals surface area contributed by atoms with E-state index < -0.39 is 0 Å². The minimum atomic E-state index is -0.120. The third-order valence-corrected chi connectivity index (χ3v) is 5.02. The van der Waals surface area contributed by atoms with Crippen LogP contribution < -0.4 is 5.56 Å². The van der Waals surface area contributed by atoms with Crippen molar-refractivity contribution in [3.05, 3.63) is 59.6 Å². The Morgan fingerprint density at radius 1 is 1.32 bits per heavy atom. The molecule has 22 heavy (non-hydrogen) atoms. The van der Waals surface area contributed by atoms with Gasteiger partial charge in [0.05, 0.1) is 17.4 Å². The molecule has 2 aromatic heterocycles. The molecular weight excluding hydrogens is 430 g/mol. The average Bonchev–Trinajstić information content (AvgIpc) is 2.93. The molecule has 114 valence electrons. The molecule has 1 N–H and O–H groups in total. The Bertz CT molecular complexity index is 861. The Morgan fingerprint density at radius 3 is 2.86 bits per heavy atom. The second-order valence-corrected chi connectivity index (χ2v) is 7.65. The smallest absolute Gasteiger partial charge is 0.258 e. The van der Waals surface area contributed by atoms with Gasteiger partial charge in [0.25, 0.3) is 5.56 Å². The quantitative estimate of drug-likeness (QED) is 0.660. The van der Waals surface area contributed by atoms with E-state index in [4.69, 9.17) is 0 Å². The molecule has 0 saturated heterocycles. The first kappa shape index (κ1) is 15.9. The number of hydrogen-bond acceptors (Lipinski definition) is 4. The van der Waals surface area contributed by atoms with Crippen LogP contribution in [-0.2, 0) is 13.1 Å². The lowest BCUT2D eigenvalue weighted by Crippen LogP contribution is -2.21. The Kier molecular flexibility index (Phi) is 4.77. The highest BCUT2D eigenvalue weighted by Gasteiger charge is 2.10. The van der Waals surface area contributed by atoms with Crippen LogP contribution in [0.25, 0.3) is 10.9 Å². The van der Waals surface area contributed by atoms with E-state index in [2.05, 4.69) is 63.6 Å². The lowest BCUT2D eigenvalue weighted by Gasteiger charge is -2.15. The molecule has 7 heteroatoms. The number of aromatic nitrogens is 2. The van der Waals surface area contributed by atoms with E-state index in [1.165, 1.54) is 5.56 Å². The summed E-state index contributed by atoms with van der Waals surface area (Å²) in [5, 5.41) is 4.76. The van der Waals surface area contributed by atoms with Crippen LogP contribution in [0.1, 0.15) is 11.4 Å². The number of thiophene rings is 1. The number of halogens is 2. The first-order chi connectivity index (χ1) is 10.5. The van der Waals surface area contributed by atoms with Gasteiger partial charge >= 0.3 is 0 Å². The average molecular weight is 443 g/mol. The monoisotopic (exact) mass is 441 g/mol. The van der Waals surface area contributed by atoms with Gasteiger partial charge in [-0.25, -0.2) is 4.98 Å². The maximum Gasteiger partial charge on any atom is 0.258 e. The number of rotatable bonds is 4. The van der Waals surface area contributed by atoms with Crippen molar-refractivity contribution in [2.75, 3.05) is 7.05 Å². The fourth-order valence-corrected chi connectivity index (χ4v) is 4.27. The van der Waals surface area contributed by atoms with Crippen LogP contribution in [0, 0.1) is 0 Å². The summed E-state index contributed by atoms with van der Waals surface area (Å²) in [4.78, 5) is 21.8. The lowest BCUT2D eigenvalue weighted by molar-refractivity contribution is 0.311. The molecule has 0 bridgehead atoms. The largest absolute Gasteiger partial charge is 0.309 e. The Labute approximate surface area is 148 Å². The maximum absolute atomic E-state index is 12.2. The van der Waals surface area contributed by atoms with Crippen molar-refractivity contribution < 1.29 is 0 Å². The standard InChI is InChI=1S/C15H13Br2N3OS/c1-20(6-9-2-3-22-8-9)7-13-18-14-11(15(21)19-13)4-10(16)5-12(14)17/h2-5,8H,6-7H2,1H3,(H,18,19,21). The number of H-pyrrole nitrogens is 1. The van der Waals surface area contributed by atoms with Crippen LogP contribution in [0.5, 0.6) is 0 Å². The fourth-order valence-electron chi connectivity index (χ4n) is 2.29. The summed E-state index contributed by atoms with van der Waals surface area (Å²) in [6.07, 6.45) is 0. The Balaban J connectivity index is 1.90. The van der Waals surface area contributed by atoms with Gasteiger partial charge in [-0.05, 0) is 57.5 Å². The third kappa shape index (κ3) is 3.48. The molecule has 0 spiro atoms. The second-order valence-electron chi connectivity index (χ2n) is 5.10. The topological polar surface area (TPSA) is 49.0 Å². The molecule has 3 aromatic rings. The lowest BCUT2D eigenvalue weighted by atomic mass is 10.2. The van der Waals surface area contributed by atoms with Crippen molar-refractivity contribution in [1.82, 2.24) is 14.9 Å². The molecule has 0 radical (unpaired) electrons. The van der Waals surface area contributed by atoms with Crippen LogP contribution >= 0.6 is 43.2 Å². The summed E-state index contributed by atoms with van der Waals surface area (Å²) in [6, 6.07) is 5.78. The highest BCUT2D eigenvalue weighted by Crippen LogP contribution is 2.25. The van der Waals surface area contributed by atoms with Crippen LogP contribution in [0.15, 0.2) is 42.7 Å². The van der Waals surface area contributed by atoms with Crippen molar-refractivity contribution in [1.29, 1.82) is 0 Å². The number of benzene rings is 1. The number of aromatic amines is 1. The molecule has 0 aliphatic heterocycles. The normalized spacial score (nSPS) is 11.5. The molecular formula is C15H13Br2N3OS. The summed E-state index contributed by atoms with van der Waals surface area (Å²) in [7, 11) is 2.01. The van der Waals surface area contributed by atoms with Crippen molar-refractivity contribution in [2.45, 2.75) is 13.1 Å². The van der Waals surface area contributed by atoms with Gasteiger partial charge in [0, 0.05) is 15.5 Å². The van der Waals surface area contributed by atoms with Crippen LogP contribution in [-0.4, -0.2) is 21.9 Å². The zero-order chi connectivity index (χ0) is 15.7. The number of nitrogens with zero attached hydrogens (tertiary/aromatic N) is 2. The molecule has 0 aliphatic carbocycles. The summed E-state index contributed by atoms with van der Waals surface area (Å²) < 4.78 is 1.66. The van der Waals surface area contributed by atoms with E-state index in [1.807, 2.05) is 13.1 Å². The number of nitrogens with one attached hydrogen (secondary N) is 1. The number of fused-ring (bicyclic) bond motifs is 1. The molecule has 0 fully saturated rings. The highest BCUT2D eigenvalue weighted by atomic mass is 79.9.